The molecule has 0 aliphatic carbocycles. The largest absolute Gasteiger partial charge is 0.455 e. The third-order valence-corrected chi connectivity index (χ3v) is 1.90. The standard InChI is InChI=1S/C6BF7N3/c8-4(9,6(12,13)14)5(10,11)7(1-15,2-16)3-17/q-1. The van der Waals surface area contributed by atoms with Gasteiger partial charge >= 0.3 is 18.2 Å². The van der Waals surface area contributed by atoms with Crippen LogP contribution in [0.4, 0.5) is 30.7 Å². The van der Waals surface area contributed by atoms with Crippen LogP contribution in [0, 0.1) is 33.7 Å². The zero-order valence-corrected chi connectivity index (χ0v) is 7.56. The average molecular weight is 258 g/mol. The molecule has 17 heavy (non-hydrogen) atoms. The summed E-state index contributed by atoms with van der Waals surface area (Å²) in [5.74, 6) is -12.1. The summed E-state index contributed by atoms with van der Waals surface area (Å²) in [6.45, 7) is 0. The Morgan fingerprint density at radius 1 is 0.706 bits per heavy atom. The molecule has 0 aromatic rings. The molecule has 92 valence electrons. The molecule has 0 aromatic carbocycles. The predicted octanol–water partition coefficient (Wildman–Crippen LogP) is 2.00. The van der Waals surface area contributed by atoms with Crippen LogP contribution in [-0.2, 0) is 0 Å². The Hall–Kier alpha value is -1.96. The molecule has 0 unspecified atom stereocenters. The molecule has 0 radical (unpaired) electrons. The number of hydrogen-bond donors (Lipinski definition) is 0. The van der Waals surface area contributed by atoms with Crippen molar-refractivity contribution < 1.29 is 30.7 Å². The van der Waals surface area contributed by atoms with Gasteiger partial charge in [0.1, 0.15) is 0 Å². The van der Waals surface area contributed by atoms with Crippen molar-refractivity contribution in [1.82, 2.24) is 0 Å². The SMILES string of the molecule is N#C[B-](C#N)(C#N)C(F)(F)C(F)(F)C(F)(F)F. The summed E-state index contributed by atoms with van der Waals surface area (Å²) >= 11 is 0. The molecule has 11 heteroatoms. The van der Waals surface area contributed by atoms with Gasteiger partial charge in [-0.05, 0) is 0 Å². The third kappa shape index (κ3) is 1.76. The van der Waals surface area contributed by atoms with E-state index in [9.17, 15) is 30.7 Å². The van der Waals surface area contributed by atoms with Gasteiger partial charge in [0.2, 0.25) is 5.82 Å². The summed E-state index contributed by atoms with van der Waals surface area (Å²) in [6.07, 6.45) is -11.9. The van der Waals surface area contributed by atoms with Crippen LogP contribution in [0.15, 0.2) is 0 Å². The summed E-state index contributed by atoms with van der Waals surface area (Å²) < 4.78 is 85.9. The van der Waals surface area contributed by atoms with Gasteiger partial charge in [0.05, 0.1) is 0 Å². The van der Waals surface area contributed by atoms with Gasteiger partial charge in [0.25, 0.3) is 0 Å². The maximum atomic E-state index is 12.9. The van der Waals surface area contributed by atoms with Gasteiger partial charge in [-0.15, -0.1) is 17.9 Å². The van der Waals surface area contributed by atoms with Crippen molar-refractivity contribution in [2.45, 2.75) is 17.9 Å². The van der Waals surface area contributed by atoms with E-state index in [1.54, 1.807) is 0 Å². The molecular formula is C6BF7N3-. The monoisotopic (exact) mass is 258 g/mol. The van der Waals surface area contributed by atoms with Crippen LogP contribution in [0.2, 0.25) is 0 Å². The first kappa shape index (κ1) is 15.0. The first-order chi connectivity index (χ1) is 7.43. The number of alkyl halides is 7. The number of halogens is 7. The van der Waals surface area contributed by atoms with Crippen molar-refractivity contribution in [2.75, 3.05) is 0 Å². The second-order valence-corrected chi connectivity index (χ2v) is 2.95. The lowest BCUT2D eigenvalue weighted by Gasteiger charge is -2.36. The Morgan fingerprint density at radius 3 is 1.18 bits per heavy atom. The Balaban J connectivity index is 6.02. The van der Waals surface area contributed by atoms with Crippen LogP contribution in [0.3, 0.4) is 0 Å². The number of rotatable bonds is 2. The normalized spacial score (nSPS) is 13.4. The molecule has 0 amide bonds. The van der Waals surface area contributed by atoms with Gasteiger partial charge in [-0.3, -0.25) is 0 Å². The van der Waals surface area contributed by atoms with E-state index in [0.29, 0.717) is 0 Å². The molecule has 0 bridgehead atoms. The lowest BCUT2D eigenvalue weighted by atomic mass is 9.23. The molecular weight excluding hydrogens is 258 g/mol. The minimum absolute atomic E-state index is 0.244. The van der Waals surface area contributed by atoms with E-state index in [1.807, 2.05) is 0 Å². The minimum atomic E-state index is -6.69. The van der Waals surface area contributed by atoms with Crippen molar-refractivity contribution in [3.8, 4) is 17.9 Å². The van der Waals surface area contributed by atoms with Crippen molar-refractivity contribution in [2.24, 2.45) is 0 Å². The van der Waals surface area contributed by atoms with Crippen LogP contribution in [0.1, 0.15) is 0 Å². The predicted molar refractivity (Wildman–Crippen MR) is 38.5 cm³/mol. The zero-order chi connectivity index (χ0) is 14.1. The van der Waals surface area contributed by atoms with Gasteiger partial charge in [0.15, 0.2) is 0 Å². The summed E-state index contributed by atoms with van der Waals surface area (Å²) in [5, 5.41) is 24.3. The fourth-order valence-corrected chi connectivity index (χ4v) is 0.791. The van der Waals surface area contributed by atoms with Crippen molar-refractivity contribution in [3.05, 3.63) is 0 Å². The quantitative estimate of drug-likeness (QED) is 0.561. The van der Waals surface area contributed by atoms with E-state index in [1.165, 1.54) is 0 Å². The molecule has 0 atom stereocenters. The molecule has 0 aliphatic heterocycles. The molecule has 0 rings (SSSR count). The fourth-order valence-electron chi connectivity index (χ4n) is 0.791. The van der Waals surface area contributed by atoms with Crippen molar-refractivity contribution in [1.29, 1.82) is 15.8 Å². The molecule has 0 heterocycles. The highest BCUT2D eigenvalue weighted by molar-refractivity contribution is 7.01. The Labute approximate surface area is 89.6 Å². The van der Waals surface area contributed by atoms with Crippen molar-refractivity contribution >= 4 is 6.15 Å². The molecule has 0 saturated carbocycles. The van der Waals surface area contributed by atoms with Gasteiger partial charge in [-0.25, -0.2) is 24.6 Å². The average Bonchev–Trinajstić information content (AvgIpc) is 2.19. The first-order valence-corrected chi connectivity index (χ1v) is 3.65. The van der Waals surface area contributed by atoms with Gasteiger partial charge < -0.3 is 0 Å². The Bertz CT molecular complexity index is 398. The summed E-state index contributed by atoms with van der Waals surface area (Å²) in [5.41, 5.74) is 0. The second-order valence-electron chi connectivity index (χ2n) is 2.95. The maximum Gasteiger partial charge on any atom is 0.455 e. The molecule has 0 fully saturated rings. The lowest BCUT2D eigenvalue weighted by Crippen LogP contribution is -2.66. The van der Waals surface area contributed by atoms with E-state index in [2.05, 4.69) is 0 Å². The number of nitriles is 3. The Kier molecular flexibility index (Phi) is 3.37. The van der Waals surface area contributed by atoms with E-state index >= 15 is 0 Å². The fraction of sp³-hybridized carbons (Fsp3) is 0.500. The highest BCUT2D eigenvalue weighted by atomic mass is 19.4. The maximum absolute atomic E-state index is 12.9. The highest BCUT2D eigenvalue weighted by Gasteiger charge is 2.76. The third-order valence-electron chi connectivity index (χ3n) is 1.90. The second kappa shape index (κ2) is 3.81. The van der Waals surface area contributed by atoms with E-state index < -0.39 is 24.1 Å². The molecule has 0 spiro atoms. The van der Waals surface area contributed by atoms with E-state index in [4.69, 9.17) is 15.8 Å². The van der Waals surface area contributed by atoms with E-state index in [-0.39, 0.29) is 17.9 Å². The first-order valence-electron chi connectivity index (χ1n) is 3.65. The van der Waals surface area contributed by atoms with Crippen LogP contribution in [0.25, 0.3) is 0 Å². The summed E-state index contributed by atoms with van der Waals surface area (Å²) in [6, 6.07) is 0. The smallest absolute Gasteiger partial charge is 0.247 e. The van der Waals surface area contributed by atoms with Crippen LogP contribution in [-0.4, -0.2) is 24.1 Å². The molecule has 0 aromatic heterocycles. The molecule has 3 nitrogen and oxygen atoms in total. The highest BCUT2D eigenvalue weighted by Crippen LogP contribution is 2.49. The minimum Gasteiger partial charge on any atom is -0.247 e. The van der Waals surface area contributed by atoms with Gasteiger partial charge in [0, 0.05) is 0 Å². The molecule has 0 N–H and O–H groups in total. The van der Waals surface area contributed by atoms with Crippen LogP contribution < -0.4 is 0 Å². The van der Waals surface area contributed by atoms with Crippen LogP contribution in [0.5, 0.6) is 0 Å². The van der Waals surface area contributed by atoms with Crippen molar-refractivity contribution in [3.63, 3.8) is 0 Å². The van der Waals surface area contributed by atoms with Gasteiger partial charge in [-0.1, -0.05) is 0 Å². The summed E-state index contributed by atoms with van der Waals surface area (Å²) in [7, 11) is 0. The topological polar surface area (TPSA) is 71.4 Å². The zero-order valence-electron chi connectivity index (χ0n) is 7.56. The van der Waals surface area contributed by atoms with Gasteiger partial charge in [-0.2, -0.15) is 22.0 Å². The molecule has 0 aliphatic rings. The number of hydrogen-bond acceptors (Lipinski definition) is 3. The van der Waals surface area contributed by atoms with E-state index in [0.717, 1.165) is 0 Å². The molecule has 0 saturated heterocycles. The summed E-state index contributed by atoms with van der Waals surface area (Å²) in [4.78, 5) is 0. The lowest BCUT2D eigenvalue weighted by molar-refractivity contribution is -0.334. The van der Waals surface area contributed by atoms with Crippen LogP contribution >= 0.6 is 0 Å². The number of nitrogens with zero attached hydrogens (tertiary/aromatic N) is 3. The Morgan fingerprint density at radius 2 is 1.00 bits per heavy atom.